The summed E-state index contributed by atoms with van der Waals surface area (Å²) in [6, 6.07) is 18.8. The Morgan fingerprint density at radius 1 is 0.917 bits per heavy atom. The van der Waals surface area contributed by atoms with Crippen molar-refractivity contribution >= 4 is 11.6 Å². The SMILES string of the molecule is COc1ccc2c(c1OC)C(=O)N1c3ccccc3-c3nc(=O)c(-c4ccc(C(C)C)cc4)nn3[C@@H]21. The van der Waals surface area contributed by atoms with Gasteiger partial charge in [0.15, 0.2) is 29.2 Å². The van der Waals surface area contributed by atoms with Crippen LogP contribution in [0, 0.1) is 0 Å². The quantitative estimate of drug-likeness (QED) is 0.423. The Kier molecular flexibility index (Phi) is 4.93. The molecule has 36 heavy (non-hydrogen) atoms. The molecule has 0 saturated carbocycles. The minimum atomic E-state index is -0.626. The molecular weight excluding hydrogens is 456 g/mol. The van der Waals surface area contributed by atoms with E-state index in [1.807, 2.05) is 54.6 Å². The van der Waals surface area contributed by atoms with Gasteiger partial charge in [0.2, 0.25) is 0 Å². The summed E-state index contributed by atoms with van der Waals surface area (Å²) in [6.07, 6.45) is -0.626. The smallest absolute Gasteiger partial charge is 0.300 e. The van der Waals surface area contributed by atoms with Crippen molar-refractivity contribution < 1.29 is 14.3 Å². The summed E-state index contributed by atoms with van der Waals surface area (Å²) < 4.78 is 12.7. The van der Waals surface area contributed by atoms with Gasteiger partial charge in [-0.15, -0.1) is 0 Å². The van der Waals surface area contributed by atoms with Gasteiger partial charge in [-0.25, -0.2) is 4.68 Å². The van der Waals surface area contributed by atoms with Crippen molar-refractivity contribution in [3.8, 4) is 34.1 Å². The number of carbonyl (C=O) groups excluding carboxylic acids is 1. The molecule has 0 bridgehead atoms. The van der Waals surface area contributed by atoms with Crippen LogP contribution in [0.2, 0.25) is 0 Å². The predicted octanol–water partition coefficient (Wildman–Crippen LogP) is 4.63. The number of rotatable bonds is 4. The molecule has 3 aromatic carbocycles. The summed E-state index contributed by atoms with van der Waals surface area (Å²) in [5.41, 5.74) is 4.09. The van der Waals surface area contributed by atoms with Gasteiger partial charge in [-0.2, -0.15) is 10.1 Å². The molecule has 8 nitrogen and oxygen atoms in total. The molecule has 180 valence electrons. The van der Waals surface area contributed by atoms with Gasteiger partial charge in [-0.3, -0.25) is 14.5 Å². The molecule has 6 rings (SSSR count). The van der Waals surface area contributed by atoms with Crippen molar-refractivity contribution in [3.05, 3.63) is 87.7 Å². The molecule has 2 aliphatic heterocycles. The number of fused-ring (bicyclic) bond motifs is 8. The number of hydrogen-bond acceptors (Lipinski definition) is 6. The van der Waals surface area contributed by atoms with Gasteiger partial charge in [-0.05, 0) is 29.7 Å². The lowest BCUT2D eigenvalue weighted by molar-refractivity contribution is 0.0983. The second-order valence-corrected chi connectivity index (χ2v) is 9.14. The molecule has 2 aliphatic rings. The Bertz CT molecular complexity index is 1590. The van der Waals surface area contributed by atoms with Crippen molar-refractivity contribution in [1.82, 2.24) is 14.8 Å². The van der Waals surface area contributed by atoms with Gasteiger partial charge in [0.05, 0.1) is 25.5 Å². The number of ether oxygens (including phenoxy) is 2. The van der Waals surface area contributed by atoms with E-state index in [-0.39, 0.29) is 11.6 Å². The van der Waals surface area contributed by atoms with Crippen LogP contribution in [-0.4, -0.2) is 34.9 Å². The van der Waals surface area contributed by atoms with Crippen LogP contribution in [0.15, 0.2) is 65.5 Å². The maximum Gasteiger partial charge on any atom is 0.300 e. The second-order valence-electron chi connectivity index (χ2n) is 9.14. The summed E-state index contributed by atoms with van der Waals surface area (Å²) in [7, 11) is 3.05. The lowest BCUT2D eigenvalue weighted by Crippen LogP contribution is -2.39. The molecule has 1 atom stereocenters. The first-order valence-electron chi connectivity index (χ1n) is 11.7. The fraction of sp³-hybridized carbons (Fsp3) is 0.214. The Morgan fingerprint density at radius 2 is 1.67 bits per heavy atom. The van der Waals surface area contributed by atoms with E-state index in [2.05, 4.69) is 18.8 Å². The van der Waals surface area contributed by atoms with E-state index < -0.39 is 11.7 Å². The lowest BCUT2D eigenvalue weighted by atomic mass is 10.0. The van der Waals surface area contributed by atoms with Gasteiger partial charge in [0, 0.05) is 16.7 Å². The van der Waals surface area contributed by atoms with Gasteiger partial charge >= 0.3 is 0 Å². The molecule has 1 aromatic heterocycles. The van der Waals surface area contributed by atoms with E-state index >= 15 is 0 Å². The number of para-hydroxylation sites is 1. The van der Waals surface area contributed by atoms with Crippen LogP contribution >= 0.6 is 0 Å². The average Bonchev–Trinajstić information content (AvgIpc) is 3.20. The first-order chi connectivity index (χ1) is 17.4. The van der Waals surface area contributed by atoms with Gasteiger partial charge in [-0.1, -0.05) is 56.3 Å². The number of aromatic nitrogens is 3. The van der Waals surface area contributed by atoms with Crippen LogP contribution < -0.4 is 19.9 Å². The summed E-state index contributed by atoms with van der Waals surface area (Å²) in [5.74, 6) is 1.39. The zero-order chi connectivity index (χ0) is 25.1. The van der Waals surface area contributed by atoms with Gasteiger partial charge < -0.3 is 9.47 Å². The number of hydrogen-bond donors (Lipinski definition) is 0. The Labute approximate surface area is 207 Å². The molecule has 1 amide bonds. The van der Waals surface area contributed by atoms with Crippen LogP contribution in [0.3, 0.4) is 0 Å². The molecule has 0 fully saturated rings. The van der Waals surface area contributed by atoms with Gasteiger partial charge in [0.25, 0.3) is 11.5 Å². The van der Waals surface area contributed by atoms with Crippen molar-refractivity contribution in [2.24, 2.45) is 0 Å². The molecular formula is C28H24N4O4. The normalized spacial score (nSPS) is 15.3. The molecule has 0 aliphatic carbocycles. The Hall–Kier alpha value is -4.46. The van der Waals surface area contributed by atoms with Crippen molar-refractivity contribution in [1.29, 1.82) is 0 Å². The maximum atomic E-state index is 13.8. The maximum absolute atomic E-state index is 13.8. The highest BCUT2D eigenvalue weighted by Crippen LogP contribution is 2.50. The highest BCUT2D eigenvalue weighted by molar-refractivity contribution is 6.15. The van der Waals surface area contributed by atoms with E-state index in [1.165, 1.54) is 19.8 Å². The van der Waals surface area contributed by atoms with Gasteiger partial charge in [0.1, 0.15) is 0 Å². The monoisotopic (exact) mass is 480 g/mol. The minimum Gasteiger partial charge on any atom is -0.493 e. The van der Waals surface area contributed by atoms with Crippen LogP contribution in [-0.2, 0) is 0 Å². The highest BCUT2D eigenvalue weighted by atomic mass is 16.5. The number of amides is 1. The van der Waals surface area contributed by atoms with E-state index in [0.29, 0.717) is 51.2 Å². The molecule has 0 saturated heterocycles. The fourth-order valence-electron chi connectivity index (χ4n) is 5.06. The van der Waals surface area contributed by atoms with Crippen LogP contribution in [0.5, 0.6) is 11.5 Å². The minimum absolute atomic E-state index is 0.229. The predicted molar refractivity (Wildman–Crippen MR) is 136 cm³/mol. The summed E-state index contributed by atoms with van der Waals surface area (Å²) in [6.45, 7) is 4.23. The molecule has 8 heteroatoms. The molecule has 3 heterocycles. The standard InChI is InChI=1S/C28H24N4O4/c1-15(2)16-9-11-17(12-10-16)23-26(33)29-25-18-7-5-6-8-20(18)31-27(32(25)30-23)19-13-14-21(35-3)24(36-4)22(19)28(31)34/h5-15,27H,1-4H3/t27-/m0/s1. The first kappa shape index (κ1) is 22.0. The fourth-order valence-corrected chi connectivity index (χ4v) is 5.06. The number of anilines is 1. The summed E-state index contributed by atoms with van der Waals surface area (Å²) in [5, 5.41) is 4.81. The Morgan fingerprint density at radius 3 is 2.36 bits per heavy atom. The van der Waals surface area contributed by atoms with Crippen LogP contribution in [0.1, 0.15) is 47.4 Å². The zero-order valence-electron chi connectivity index (χ0n) is 20.4. The van der Waals surface area contributed by atoms with Crippen molar-refractivity contribution in [2.45, 2.75) is 25.9 Å². The summed E-state index contributed by atoms with van der Waals surface area (Å²) in [4.78, 5) is 33.2. The molecule has 0 radical (unpaired) electrons. The number of methoxy groups -OCH3 is 2. The van der Waals surface area contributed by atoms with Crippen molar-refractivity contribution in [3.63, 3.8) is 0 Å². The van der Waals surface area contributed by atoms with E-state index in [4.69, 9.17) is 14.6 Å². The summed E-state index contributed by atoms with van der Waals surface area (Å²) >= 11 is 0. The number of nitrogens with zero attached hydrogens (tertiary/aromatic N) is 4. The zero-order valence-corrected chi connectivity index (χ0v) is 20.4. The average molecular weight is 481 g/mol. The number of carbonyl (C=O) groups is 1. The highest BCUT2D eigenvalue weighted by Gasteiger charge is 2.47. The van der Waals surface area contributed by atoms with E-state index in [0.717, 1.165) is 0 Å². The van der Waals surface area contributed by atoms with E-state index in [1.54, 1.807) is 15.6 Å². The third-order valence-corrected chi connectivity index (χ3v) is 6.85. The second kappa shape index (κ2) is 8.05. The van der Waals surface area contributed by atoms with E-state index in [9.17, 15) is 9.59 Å². The largest absolute Gasteiger partial charge is 0.493 e. The first-order valence-corrected chi connectivity index (χ1v) is 11.7. The number of benzene rings is 3. The topological polar surface area (TPSA) is 86.6 Å². The molecule has 0 spiro atoms. The van der Waals surface area contributed by atoms with Crippen LogP contribution in [0.4, 0.5) is 5.69 Å². The Balaban J connectivity index is 1.62. The lowest BCUT2D eigenvalue weighted by Gasteiger charge is -2.34. The van der Waals surface area contributed by atoms with Crippen LogP contribution in [0.25, 0.3) is 22.6 Å². The molecule has 0 unspecified atom stereocenters. The molecule has 0 N–H and O–H groups in total. The molecule has 4 aromatic rings. The third-order valence-electron chi connectivity index (χ3n) is 6.85. The third kappa shape index (κ3) is 3.00. The van der Waals surface area contributed by atoms with Crippen molar-refractivity contribution in [2.75, 3.05) is 19.1 Å².